The molecular formula is C31H29N3O3. The van der Waals surface area contributed by atoms with Crippen LogP contribution in [0.15, 0.2) is 91.0 Å². The van der Waals surface area contributed by atoms with Crippen molar-refractivity contribution in [2.45, 2.75) is 26.9 Å². The van der Waals surface area contributed by atoms with Crippen LogP contribution in [0.4, 0.5) is 17.1 Å². The van der Waals surface area contributed by atoms with Gasteiger partial charge in [-0.2, -0.15) is 0 Å². The second-order valence-electron chi connectivity index (χ2n) is 9.31. The lowest BCUT2D eigenvalue weighted by Crippen LogP contribution is -2.43. The summed E-state index contributed by atoms with van der Waals surface area (Å²) < 4.78 is 5.84. The van der Waals surface area contributed by atoms with Crippen molar-refractivity contribution in [3.8, 4) is 5.75 Å². The molecule has 0 aromatic heterocycles. The number of benzene rings is 4. The lowest BCUT2D eigenvalue weighted by Gasteiger charge is -2.38. The molecule has 2 amide bonds. The predicted octanol–water partition coefficient (Wildman–Crippen LogP) is 6.40. The first-order chi connectivity index (χ1) is 17.9. The van der Waals surface area contributed by atoms with Gasteiger partial charge >= 0.3 is 0 Å². The molecule has 1 aliphatic heterocycles. The molecule has 37 heavy (non-hydrogen) atoms. The molecule has 1 aliphatic rings. The highest BCUT2D eigenvalue weighted by atomic mass is 16.5. The van der Waals surface area contributed by atoms with Crippen molar-refractivity contribution in [1.29, 1.82) is 0 Å². The summed E-state index contributed by atoms with van der Waals surface area (Å²) in [5, 5.41) is 6.39. The summed E-state index contributed by atoms with van der Waals surface area (Å²) in [6.07, 6.45) is -0.446. The first kappa shape index (κ1) is 24.1. The van der Waals surface area contributed by atoms with Crippen molar-refractivity contribution in [1.82, 2.24) is 0 Å². The Labute approximate surface area is 216 Å². The van der Waals surface area contributed by atoms with Crippen molar-refractivity contribution in [3.63, 3.8) is 0 Å². The number of para-hydroxylation sites is 1. The van der Waals surface area contributed by atoms with Crippen LogP contribution in [-0.4, -0.2) is 18.4 Å². The fraction of sp³-hybridized carbons (Fsp3) is 0.161. The van der Waals surface area contributed by atoms with Gasteiger partial charge in [0, 0.05) is 17.1 Å². The van der Waals surface area contributed by atoms with Crippen LogP contribution < -0.4 is 20.3 Å². The molecule has 0 fully saturated rings. The van der Waals surface area contributed by atoms with E-state index in [0.717, 1.165) is 33.8 Å². The minimum atomic E-state index is -0.446. The van der Waals surface area contributed by atoms with Crippen LogP contribution in [0.3, 0.4) is 0 Å². The van der Waals surface area contributed by atoms with E-state index in [1.54, 1.807) is 4.90 Å². The molecule has 4 aromatic carbocycles. The van der Waals surface area contributed by atoms with E-state index < -0.39 is 6.17 Å². The third-order valence-corrected chi connectivity index (χ3v) is 6.57. The van der Waals surface area contributed by atoms with Gasteiger partial charge in [0.05, 0.1) is 5.56 Å². The fourth-order valence-corrected chi connectivity index (χ4v) is 4.40. The molecule has 0 aliphatic carbocycles. The first-order valence-electron chi connectivity index (χ1n) is 12.2. The van der Waals surface area contributed by atoms with Gasteiger partial charge < -0.3 is 15.4 Å². The maximum atomic E-state index is 13.6. The summed E-state index contributed by atoms with van der Waals surface area (Å²) in [5.74, 6) is 0.224. The zero-order valence-corrected chi connectivity index (χ0v) is 21.1. The standard InChI is InChI=1S/C31H29N3O3/c1-20-11-15-25(16-12-20)34-30(33-28-10-5-4-9-27(28)31(34)36)23-7-6-8-26(18-23)37-19-29(35)32-24-14-13-21(2)22(3)17-24/h4-18,30,33H,19H2,1-3H3,(H,32,35)/t30-/m1/s1. The van der Waals surface area contributed by atoms with Gasteiger partial charge in [0.15, 0.2) is 6.61 Å². The highest BCUT2D eigenvalue weighted by Gasteiger charge is 2.34. The van der Waals surface area contributed by atoms with E-state index in [9.17, 15) is 9.59 Å². The van der Waals surface area contributed by atoms with E-state index in [0.29, 0.717) is 11.3 Å². The summed E-state index contributed by atoms with van der Waals surface area (Å²) in [5.41, 5.74) is 7.17. The number of hydrogen-bond acceptors (Lipinski definition) is 4. The van der Waals surface area contributed by atoms with E-state index in [1.165, 1.54) is 5.56 Å². The molecule has 6 heteroatoms. The number of amides is 2. The van der Waals surface area contributed by atoms with Crippen molar-refractivity contribution in [2.24, 2.45) is 0 Å². The largest absolute Gasteiger partial charge is 0.484 e. The minimum Gasteiger partial charge on any atom is -0.484 e. The van der Waals surface area contributed by atoms with Crippen LogP contribution in [0.25, 0.3) is 0 Å². The minimum absolute atomic E-state index is 0.0812. The number of anilines is 3. The second kappa shape index (κ2) is 10.2. The van der Waals surface area contributed by atoms with Crippen LogP contribution in [0.2, 0.25) is 0 Å². The molecule has 186 valence electrons. The molecule has 0 bridgehead atoms. The number of nitrogens with zero attached hydrogens (tertiary/aromatic N) is 1. The summed E-state index contributed by atoms with van der Waals surface area (Å²) in [7, 11) is 0. The van der Waals surface area contributed by atoms with Gasteiger partial charge in [-0.3, -0.25) is 14.5 Å². The smallest absolute Gasteiger partial charge is 0.262 e. The van der Waals surface area contributed by atoms with E-state index in [-0.39, 0.29) is 18.4 Å². The number of aryl methyl sites for hydroxylation is 3. The quantitative estimate of drug-likeness (QED) is 0.327. The van der Waals surface area contributed by atoms with Crippen LogP contribution in [0, 0.1) is 20.8 Å². The van der Waals surface area contributed by atoms with E-state index in [2.05, 4.69) is 10.6 Å². The van der Waals surface area contributed by atoms with E-state index in [4.69, 9.17) is 4.74 Å². The zero-order chi connectivity index (χ0) is 25.9. The summed E-state index contributed by atoms with van der Waals surface area (Å²) in [6.45, 7) is 5.93. The van der Waals surface area contributed by atoms with E-state index in [1.807, 2.05) is 112 Å². The molecule has 2 N–H and O–H groups in total. The Morgan fingerprint density at radius 1 is 0.892 bits per heavy atom. The Morgan fingerprint density at radius 2 is 1.68 bits per heavy atom. The number of nitrogens with one attached hydrogen (secondary N) is 2. The van der Waals surface area contributed by atoms with Crippen molar-refractivity contribution < 1.29 is 14.3 Å². The monoisotopic (exact) mass is 491 g/mol. The highest BCUT2D eigenvalue weighted by molar-refractivity contribution is 6.12. The van der Waals surface area contributed by atoms with Gasteiger partial charge in [0.2, 0.25) is 0 Å². The number of rotatable bonds is 6. The highest BCUT2D eigenvalue weighted by Crippen LogP contribution is 2.37. The number of ether oxygens (including phenoxy) is 1. The van der Waals surface area contributed by atoms with Gasteiger partial charge in [-0.1, -0.05) is 48.0 Å². The molecule has 1 heterocycles. The molecule has 6 nitrogen and oxygen atoms in total. The van der Waals surface area contributed by atoms with Gasteiger partial charge in [0.25, 0.3) is 11.8 Å². The van der Waals surface area contributed by atoms with Crippen molar-refractivity contribution in [2.75, 3.05) is 22.1 Å². The number of carbonyl (C=O) groups is 2. The normalized spacial score (nSPS) is 14.5. The number of fused-ring (bicyclic) bond motifs is 1. The summed E-state index contributed by atoms with van der Waals surface area (Å²) in [4.78, 5) is 27.9. The first-order valence-corrected chi connectivity index (χ1v) is 12.2. The Hall–Kier alpha value is -4.58. The lowest BCUT2D eigenvalue weighted by atomic mass is 10.0. The fourth-order valence-electron chi connectivity index (χ4n) is 4.40. The van der Waals surface area contributed by atoms with Crippen molar-refractivity contribution in [3.05, 3.63) is 119 Å². The zero-order valence-electron chi connectivity index (χ0n) is 21.1. The maximum absolute atomic E-state index is 13.6. The Kier molecular flexibility index (Phi) is 6.64. The van der Waals surface area contributed by atoms with Gasteiger partial charge in [-0.15, -0.1) is 0 Å². The Morgan fingerprint density at radius 3 is 2.46 bits per heavy atom. The SMILES string of the molecule is Cc1ccc(N2C(=O)c3ccccc3N[C@H]2c2cccc(OCC(=O)Nc3ccc(C)c(C)c3)c2)cc1. The van der Waals surface area contributed by atoms with Crippen LogP contribution in [-0.2, 0) is 4.79 Å². The Bertz CT molecular complexity index is 1460. The average molecular weight is 492 g/mol. The van der Waals surface area contributed by atoms with Crippen LogP contribution in [0.1, 0.15) is 38.8 Å². The lowest BCUT2D eigenvalue weighted by molar-refractivity contribution is -0.118. The summed E-state index contributed by atoms with van der Waals surface area (Å²) in [6, 6.07) is 28.7. The maximum Gasteiger partial charge on any atom is 0.262 e. The average Bonchev–Trinajstić information content (AvgIpc) is 2.90. The molecule has 4 aromatic rings. The third-order valence-electron chi connectivity index (χ3n) is 6.57. The molecule has 5 rings (SSSR count). The van der Waals surface area contributed by atoms with Crippen LogP contribution in [0.5, 0.6) is 5.75 Å². The summed E-state index contributed by atoms with van der Waals surface area (Å²) >= 11 is 0. The molecule has 0 radical (unpaired) electrons. The Balaban J connectivity index is 1.37. The van der Waals surface area contributed by atoms with Gasteiger partial charge in [0.1, 0.15) is 11.9 Å². The molecular weight excluding hydrogens is 462 g/mol. The second-order valence-corrected chi connectivity index (χ2v) is 9.31. The molecule has 0 saturated heterocycles. The molecule has 0 saturated carbocycles. The van der Waals surface area contributed by atoms with Gasteiger partial charge in [-0.25, -0.2) is 0 Å². The molecule has 0 unspecified atom stereocenters. The predicted molar refractivity (Wildman–Crippen MR) is 147 cm³/mol. The topological polar surface area (TPSA) is 70.7 Å². The third kappa shape index (κ3) is 5.19. The van der Waals surface area contributed by atoms with Gasteiger partial charge in [-0.05, 0) is 86.0 Å². The molecule has 0 spiro atoms. The number of hydrogen-bond donors (Lipinski definition) is 2. The van der Waals surface area contributed by atoms with Crippen LogP contribution >= 0.6 is 0 Å². The van der Waals surface area contributed by atoms with Crippen molar-refractivity contribution >= 4 is 28.9 Å². The van der Waals surface area contributed by atoms with E-state index >= 15 is 0 Å². The number of carbonyl (C=O) groups excluding carboxylic acids is 2. The molecule has 1 atom stereocenters.